The largest absolute Gasteiger partial charge is 0.411 e. The number of hydrogen-bond donors (Lipinski definition) is 2. The number of rotatable bonds is 6. The van der Waals surface area contributed by atoms with Crippen molar-refractivity contribution in [3.63, 3.8) is 0 Å². The second kappa shape index (κ2) is 8.96. The summed E-state index contributed by atoms with van der Waals surface area (Å²) in [7, 11) is 0. The maximum atomic E-state index is 8.53. The van der Waals surface area contributed by atoms with Gasteiger partial charge in [-0.05, 0) is 37.5 Å². The fourth-order valence-corrected chi connectivity index (χ4v) is 2.95. The summed E-state index contributed by atoms with van der Waals surface area (Å²) in [4.78, 5) is 4.60. The van der Waals surface area contributed by atoms with Crippen molar-refractivity contribution in [1.82, 2.24) is 9.80 Å². The van der Waals surface area contributed by atoms with Gasteiger partial charge in [0.25, 0.3) is 0 Å². The lowest BCUT2D eigenvalue weighted by atomic mass is 9.99. The molecular formula is C14H26N4O3. The van der Waals surface area contributed by atoms with Crippen molar-refractivity contribution in [2.45, 2.75) is 25.7 Å². The second-order valence-electron chi connectivity index (χ2n) is 5.90. The molecule has 2 N–H and O–H groups in total. The van der Waals surface area contributed by atoms with Crippen LogP contribution in [-0.4, -0.2) is 72.3 Å². The summed E-state index contributed by atoms with van der Waals surface area (Å²) in [6.45, 7) is 5.30. The number of hydrogen-bond acceptors (Lipinski definition) is 7. The highest BCUT2D eigenvalue weighted by atomic mass is 16.5. The molecular weight excluding hydrogens is 272 g/mol. The molecule has 0 saturated carbocycles. The molecule has 2 saturated heterocycles. The third-order valence-corrected chi connectivity index (χ3v) is 4.37. The zero-order valence-corrected chi connectivity index (χ0v) is 12.5. The smallest absolute Gasteiger partial charge is 0.101 e. The molecule has 120 valence electrons. The van der Waals surface area contributed by atoms with Gasteiger partial charge >= 0.3 is 0 Å². The van der Waals surface area contributed by atoms with Gasteiger partial charge in [0, 0.05) is 38.6 Å². The van der Waals surface area contributed by atoms with Gasteiger partial charge in [-0.2, -0.15) is 0 Å². The van der Waals surface area contributed by atoms with Crippen LogP contribution in [0.5, 0.6) is 0 Å². The van der Waals surface area contributed by atoms with Gasteiger partial charge in [0.05, 0.1) is 0 Å². The summed E-state index contributed by atoms with van der Waals surface area (Å²) in [5.41, 5.74) is 0. The Morgan fingerprint density at radius 1 is 0.810 bits per heavy atom. The van der Waals surface area contributed by atoms with Crippen molar-refractivity contribution in [3.05, 3.63) is 0 Å². The normalized spacial score (nSPS) is 24.4. The molecule has 0 aliphatic carbocycles. The molecule has 0 aromatic rings. The Kier molecular flexibility index (Phi) is 6.91. The minimum atomic E-state index is 0.401. The fourth-order valence-electron chi connectivity index (χ4n) is 2.95. The zero-order chi connectivity index (χ0) is 14.9. The van der Waals surface area contributed by atoms with Crippen molar-refractivity contribution in [1.29, 1.82) is 0 Å². The molecule has 0 spiro atoms. The van der Waals surface area contributed by atoms with Crippen LogP contribution < -0.4 is 0 Å². The topological polar surface area (TPSA) is 80.9 Å². The zero-order valence-electron chi connectivity index (χ0n) is 12.5. The molecule has 21 heavy (non-hydrogen) atoms. The molecule has 7 heteroatoms. The van der Waals surface area contributed by atoms with E-state index in [9.17, 15) is 0 Å². The van der Waals surface area contributed by atoms with Gasteiger partial charge in [0.2, 0.25) is 0 Å². The Balaban J connectivity index is 1.54. The Morgan fingerprint density at radius 3 is 1.52 bits per heavy atom. The van der Waals surface area contributed by atoms with Crippen molar-refractivity contribution in [2.75, 3.05) is 39.6 Å². The average molecular weight is 298 g/mol. The lowest BCUT2D eigenvalue weighted by molar-refractivity contribution is -0.0437. The number of piperidine rings is 2. The van der Waals surface area contributed by atoms with E-state index in [0.717, 1.165) is 51.9 Å². The van der Waals surface area contributed by atoms with Crippen molar-refractivity contribution in [3.8, 4) is 0 Å². The first-order valence-corrected chi connectivity index (χ1v) is 7.69. The predicted octanol–water partition coefficient (Wildman–Crippen LogP) is 1.26. The van der Waals surface area contributed by atoms with Gasteiger partial charge in [0.1, 0.15) is 13.5 Å². The molecule has 2 aliphatic heterocycles. The Labute approximate surface area is 125 Å². The van der Waals surface area contributed by atoms with Gasteiger partial charge in [-0.15, -0.1) is 10.3 Å². The lowest BCUT2D eigenvalue weighted by Crippen LogP contribution is -2.39. The molecule has 0 atom stereocenters. The number of nitrogens with zero attached hydrogens (tertiary/aromatic N) is 4. The van der Waals surface area contributed by atoms with Crippen molar-refractivity contribution < 1.29 is 15.2 Å². The minimum absolute atomic E-state index is 0.401. The first-order valence-electron chi connectivity index (χ1n) is 7.69. The predicted molar refractivity (Wildman–Crippen MR) is 80.0 cm³/mol. The summed E-state index contributed by atoms with van der Waals surface area (Å²) >= 11 is 0. The van der Waals surface area contributed by atoms with Crippen LogP contribution in [0.1, 0.15) is 25.7 Å². The fraction of sp³-hybridized carbons (Fsp3) is 0.857. The molecule has 2 rings (SSSR count). The molecule has 2 heterocycles. The van der Waals surface area contributed by atoms with E-state index in [1.54, 1.807) is 12.4 Å². The van der Waals surface area contributed by atoms with Gasteiger partial charge in [-0.3, -0.25) is 9.80 Å². The van der Waals surface area contributed by atoms with Crippen LogP contribution in [0.15, 0.2) is 10.3 Å². The van der Waals surface area contributed by atoms with E-state index >= 15 is 0 Å². The average Bonchev–Trinajstić information content (AvgIpc) is 2.51. The molecule has 0 radical (unpaired) electrons. The summed E-state index contributed by atoms with van der Waals surface area (Å²) in [5, 5.41) is 23.3. The quantitative estimate of drug-likeness (QED) is 0.438. The minimum Gasteiger partial charge on any atom is -0.411 e. The summed E-state index contributed by atoms with van der Waals surface area (Å²) in [6.07, 6.45) is 7.38. The number of likely N-dealkylation sites (tertiary alicyclic amines) is 2. The molecule has 7 nitrogen and oxygen atoms in total. The van der Waals surface area contributed by atoms with Crippen molar-refractivity contribution >= 4 is 12.4 Å². The molecule has 0 bridgehead atoms. The summed E-state index contributed by atoms with van der Waals surface area (Å²) in [5.74, 6) is 0.803. The van der Waals surface area contributed by atoms with E-state index in [1.807, 2.05) is 0 Å². The second-order valence-corrected chi connectivity index (χ2v) is 5.90. The molecule has 0 aromatic heterocycles. The third kappa shape index (κ3) is 5.61. The van der Waals surface area contributed by atoms with Crippen LogP contribution in [0.3, 0.4) is 0 Å². The first kappa shape index (κ1) is 16.2. The maximum absolute atomic E-state index is 8.53. The van der Waals surface area contributed by atoms with Crippen LogP contribution in [0.2, 0.25) is 0 Å². The highest BCUT2D eigenvalue weighted by Crippen LogP contribution is 2.16. The van der Waals surface area contributed by atoms with E-state index < -0.39 is 0 Å². The third-order valence-electron chi connectivity index (χ3n) is 4.37. The lowest BCUT2D eigenvalue weighted by Gasteiger charge is -2.32. The van der Waals surface area contributed by atoms with E-state index in [2.05, 4.69) is 20.1 Å². The van der Waals surface area contributed by atoms with Crippen LogP contribution in [0, 0.1) is 11.8 Å². The van der Waals surface area contributed by atoms with Crippen molar-refractivity contribution in [2.24, 2.45) is 22.1 Å². The molecule has 0 amide bonds. The van der Waals surface area contributed by atoms with E-state index in [4.69, 9.17) is 15.2 Å². The number of ether oxygens (including phenoxy) is 1. The Morgan fingerprint density at radius 2 is 1.19 bits per heavy atom. The SMILES string of the molecule is O/N=C\C1CCN(COCN2CCC(/C=N\O)CC2)CC1. The van der Waals surface area contributed by atoms with Crippen LogP contribution in [-0.2, 0) is 4.74 Å². The standard InChI is InChI=1S/C14H26N4O3/c19-15-9-13-1-5-17(6-2-13)11-21-12-18-7-3-14(4-8-18)10-16-20/h9-10,13-14,19-20H,1-8,11-12H2/b15-9-,16-10-. The Hall–Kier alpha value is -1.18. The van der Waals surface area contributed by atoms with Gasteiger partial charge in [-0.1, -0.05) is 0 Å². The highest BCUT2D eigenvalue weighted by Gasteiger charge is 2.20. The van der Waals surface area contributed by atoms with Crippen LogP contribution in [0.25, 0.3) is 0 Å². The number of oxime groups is 2. The van der Waals surface area contributed by atoms with Crippen LogP contribution in [0.4, 0.5) is 0 Å². The van der Waals surface area contributed by atoms with Gasteiger partial charge in [-0.25, -0.2) is 0 Å². The van der Waals surface area contributed by atoms with Gasteiger partial charge in [0.15, 0.2) is 0 Å². The van der Waals surface area contributed by atoms with Crippen LogP contribution >= 0.6 is 0 Å². The van der Waals surface area contributed by atoms with Gasteiger partial charge < -0.3 is 15.2 Å². The summed E-state index contributed by atoms with van der Waals surface area (Å²) in [6, 6.07) is 0. The monoisotopic (exact) mass is 298 g/mol. The Bertz CT molecular complexity index is 303. The molecule has 2 fully saturated rings. The maximum Gasteiger partial charge on any atom is 0.101 e. The summed E-state index contributed by atoms with van der Waals surface area (Å²) < 4.78 is 5.79. The van der Waals surface area contributed by atoms with E-state index in [-0.39, 0.29) is 0 Å². The first-order chi connectivity index (χ1) is 10.3. The highest BCUT2D eigenvalue weighted by molar-refractivity contribution is 5.60. The molecule has 2 aliphatic rings. The molecule has 0 aromatic carbocycles. The molecule has 0 unspecified atom stereocenters. The van der Waals surface area contributed by atoms with E-state index in [1.165, 1.54) is 0 Å². The van der Waals surface area contributed by atoms with E-state index in [0.29, 0.717) is 25.3 Å².